The fourth-order valence-corrected chi connectivity index (χ4v) is 3.21. The van der Waals surface area contributed by atoms with Crippen molar-refractivity contribution in [1.82, 2.24) is 4.90 Å². The van der Waals surface area contributed by atoms with Crippen molar-refractivity contribution in [3.63, 3.8) is 0 Å². The van der Waals surface area contributed by atoms with Crippen LogP contribution in [-0.2, 0) is 9.59 Å². The molecule has 1 aliphatic rings. The van der Waals surface area contributed by atoms with Crippen LogP contribution < -0.4 is 16.0 Å². The highest BCUT2D eigenvalue weighted by molar-refractivity contribution is 6.30. The first-order valence-electron chi connectivity index (χ1n) is 9.01. The van der Waals surface area contributed by atoms with Crippen molar-refractivity contribution in [3.05, 3.63) is 53.6 Å². The molecule has 8 nitrogen and oxygen atoms in total. The van der Waals surface area contributed by atoms with Crippen molar-refractivity contribution in [1.29, 1.82) is 0 Å². The second-order valence-electron chi connectivity index (χ2n) is 6.74. The van der Waals surface area contributed by atoms with E-state index in [4.69, 9.17) is 11.6 Å². The highest BCUT2D eigenvalue weighted by Crippen LogP contribution is 2.22. The van der Waals surface area contributed by atoms with Gasteiger partial charge in [0.2, 0.25) is 11.8 Å². The average Bonchev–Trinajstić information content (AvgIpc) is 3.07. The first-order chi connectivity index (χ1) is 13.8. The van der Waals surface area contributed by atoms with Crippen LogP contribution in [0.4, 0.5) is 21.9 Å². The summed E-state index contributed by atoms with van der Waals surface area (Å²) in [4.78, 5) is 37.7. The number of nitrogens with zero attached hydrogens (tertiary/aromatic N) is 1. The zero-order valence-corrected chi connectivity index (χ0v) is 16.4. The number of hydrogen-bond donors (Lipinski definition) is 4. The molecule has 4 N–H and O–H groups in total. The van der Waals surface area contributed by atoms with Gasteiger partial charge in [0.15, 0.2) is 0 Å². The molecule has 1 heterocycles. The summed E-state index contributed by atoms with van der Waals surface area (Å²) in [6.45, 7) is 1.46. The molecule has 29 heavy (non-hydrogen) atoms. The predicted molar refractivity (Wildman–Crippen MR) is 111 cm³/mol. The van der Waals surface area contributed by atoms with Crippen LogP contribution in [0.25, 0.3) is 0 Å². The maximum atomic E-state index is 12.7. The molecule has 152 valence electrons. The van der Waals surface area contributed by atoms with Crippen molar-refractivity contribution in [2.24, 2.45) is 0 Å². The molecule has 0 aliphatic carbocycles. The molecule has 4 amide bonds. The number of anilines is 3. The third-order valence-corrected chi connectivity index (χ3v) is 4.66. The van der Waals surface area contributed by atoms with Crippen molar-refractivity contribution < 1.29 is 19.5 Å². The number of nitrogens with one attached hydrogen (secondary N) is 3. The molecule has 2 aromatic rings. The summed E-state index contributed by atoms with van der Waals surface area (Å²) in [7, 11) is 0. The van der Waals surface area contributed by atoms with E-state index in [1.165, 1.54) is 11.8 Å². The number of aliphatic hydroxyl groups excluding tert-OH is 1. The summed E-state index contributed by atoms with van der Waals surface area (Å²) < 4.78 is 0. The van der Waals surface area contributed by atoms with Crippen LogP contribution in [0, 0.1) is 0 Å². The molecule has 3 rings (SSSR count). The third kappa shape index (κ3) is 5.46. The SMILES string of the molecule is CC(=O)Nc1ccc(NC(=O)C2CC(O)CN2C(=O)Nc2ccc(Cl)cc2)cc1. The van der Waals surface area contributed by atoms with Crippen LogP contribution >= 0.6 is 11.6 Å². The van der Waals surface area contributed by atoms with E-state index in [2.05, 4.69) is 16.0 Å². The summed E-state index contributed by atoms with van der Waals surface area (Å²) in [5, 5.41) is 18.6. The fraction of sp³-hybridized carbons (Fsp3) is 0.250. The molecule has 0 spiro atoms. The lowest BCUT2D eigenvalue weighted by Gasteiger charge is -2.24. The molecule has 1 aliphatic heterocycles. The van der Waals surface area contributed by atoms with Gasteiger partial charge in [-0.05, 0) is 48.5 Å². The molecule has 0 radical (unpaired) electrons. The Hall–Kier alpha value is -3.10. The Morgan fingerprint density at radius 3 is 2.03 bits per heavy atom. The Kier molecular flexibility index (Phi) is 6.36. The van der Waals surface area contributed by atoms with Gasteiger partial charge in [-0.1, -0.05) is 11.6 Å². The molecule has 0 aromatic heterocycles. The van der Waals surface area contributed by atoms with Crippen molar-refractivity contribution in [3.8, 4) is 0 Å². The van der Waals surface area contributed by atoms with Crippen LogP contribution in [0.2, 0.25) is 5.02 Å². The van der Waals surface area contributed by atoms with Gasteiger partial charge in [0, 0.05) is 42.0 Å². The van der Waals surface area contributed by atoms with Crippen LogP contribution in [-0.4, -0.2) is 46.5 Å². The number of β-amino-alcohol motifs (C(OH)–C–C–N with tert-alkyl or cyclic N) is 1. The third-order valence-electron chi connectivity index (χ3n) is 4.41. The minimum Gasteiger partial charge on any atom is -0.391 e. The number of rotatable bonds is 4. The van der Waals surface area contributed by atoms with Gasteiger partial charge in [-0.2, -0.15) is 0 Å². The molecule has 2 aromatic carbocycles. The monoisotopic (exact) mass is 416 g/mol. The predicted octanol–water partition coefficient (Wildman–Crippen LogP) is 2.90. The Morgan fingerprint density at radius 1 is 0.931 bits per heavy atom. The Labute approximate surface area is 172 Å². The van der Waals surface area contributed by atoms with Crippen LogP contribution in [0.5, 0.6) is 0 Å². The molecule has 9 heteroatoms. The lowest BCUT2D eigenvalue weighted by atomic mass is 10.1. The van der Waals surface area contributed by atoms with Gasteiger partial charge in [-0.25, -0.2) is 4.79 Å². The van der Waals surface area contributed by atoms with Crippen LogP contribution in [0.3, 0.4) is 0 Å². The van der Waals surface area contributed by atoms with Crippen LogP contribution in [0.1, 0.15) is 13.3 Å². The lowest BCUT2D eigenvalue weighted by molar-refractivity contribution is -0.119. The summed E-state index contributed by atoms with van der Waals surface area (Å²) >= 11 is 5.84. The number of carbonyl (C=O) groups excluding carboxylic acids is 3. The lowest BCUT2D eigenvalue weighted by Crippen LogP contribution is -2.45. The second kappa shape index (κ2) is 8.93. The van der Waals surface area contributed by atoms with Crippen LogP contribution in [0.15, 0.2) is 48.5 Å². The zero-order chi connectivity index (χ0) is 21.0. The largest absolute Gasteiger partial charge is 0.391 e. The Morgan fingerprint density at radius 2 is 1.45 bits per heavy atom. The number of carbonyl (C=O) groups is 3. The van der Waals surface area contributed by atoms with E-state index in [1.807, 2.05) is 0 Å². The second-order valence-corrected chi connectivity index (χ2v) is 7.18. The maximum absolute atomic E-state index is 12.7. The van der Waals surface area contributed by atoms with E-state index >= 15 is 0 Å². The number of likely N-dealkylation sites (tertiary alicyclic amines) is 1. The topological polar surface area (TPSA) is 111 Å². The summed E-state index contributed by atoms with van der Waals surface area (Å²) in [6, 6.07) is 11.9. The number of hydrogen-bond acceptors (Lipinski definition) is 4. The van der Waals surface area contributed by atoms with E-state index < -0.39 is 24.1 Å². The zero-order valence-electron chi connectivity index (χ0n) is 15.7. The summed E-state index contributed by atoms with van der Waals surface area (Å²) in [5.41, 5.74) is 1.66. The Bertz CT molecular complexity index is 902. The number of amides is 4. The Balaban J connectivity index is 1.65. The first kappa shape index (κ1) is 20.6. The van der Waals surface area contributed by atoms with Crippen molar-refractivity contribution in [2.45, 2.75) is 25.5 Å². The minimum atomic E-state index is -0.813. The van der Waals surface area contributed by atoms with E-state index in [0.29, 0.717) is 22.1 Å². The first-order valence-corrected chi connectivity index (χ1v) is 9.39. The van der Waals surface area contributed by atoms with Gasteiger partial charge < -0.3 is 26.0 Å². The van der Waals surface area contributed by atoms with Crippen molar-refractivity contribution in [2.75, 3.05) is 22.5 Å². The highest BCUT2D eigenvalue weighted by atomic mass is 35.5. The summed E-state index contributed by atoms with van der Waals surface area (Å²) in [6.07, 6.45) is -0.645. The number of aliphatic hydroxyl groups is 1. The van der Waals surface area contributed by atoms with Gasteiger partial charge in [0.05, 0.1) is 6.10 Å². The number of halogens is 1. The normalized spacial score (nSPS) is 18.2. The smallest absolute Gasteiger partial charge is 0.322 e. The molecule has 0 saturated carbocycles. The van der Waals surface area contributed by atoms with Gasteiger partial charge in [0.25, 0.3) is 0 Å². The standard InChI is InChI=1S/C20H21ClN4O4/c1-12(26)22-14-6-8-15(9-7-14)23-19(28)18-10-17(27)11-25(18)20(29)24-16-4-2-13(21)3-5-16/h2-9,17-18,27H,10-11H2,1H3,(H,22,26)(H,23,28)(H,24,29). The molecule has 0 bridgehead atoms. The van der Waals surface area contributed by atoms with Gasteiger partial charge >= 0.3 is 6.03 Å². The molecular formula is C20H21ClN4O4. The summed E-state index contributed by atoms with van der Waals surface area (Å²) in [5.74, 6) is -0.593. The van der Waals surface area contributed by atoms with Crippen molar-refractivity contribution >= 4 is 46.5 Å². The van der Waals surface area contributed by atoms with E-state index in [1.54, 1.807) is 48.5 Å². The molecule has 2 unspecified atom stereocenters. The van der Waals surface area contributed by atoms with E-state index in [9.17, 15) is 19.5 Å². The fourth-order valence-electron chi connectivity index (χ4n) is 3.08. The van der Waals surface area contributed by atoms with Gasteiger partial charge in [-0.3, -0.25) is 9.59 Å². The minimum absolute atomic E-state index is 0.0545. The number of benzene rings is 2. The number of urea groups is 1. The van der Waals surface area contributed by atoms with Gasteiger partial charge in [-0.15, -0.1) is 0 Å². The van der Waals surface area contributed by atoms with E-state index in [-0.39, 0.29) is 18.9 Å². The van der Waals surface area contributed by atoms with Gasteiger partial charge in [0.1, 0.15) is 6.04 Å². The van der Waals surface area contributed by atoms with E-state index in [0.717, 1.165) is 0 Å². The molecule has 1 fully saturated rings. The highest BCUT2D eigenvalue weighted by Gasteiger charge is 2.39. The molecule has 2 atom stereocenters. The quantitative estimate of drug-likeness (QED) is 0.614. The maximum Gasteiger partial charge on any atom is 0.322 e. The molecular weight excluding hydrogens is 396 g/mol. The molecule has 1 saturated heterocycles. The average molecular weight is 417 g/mol.